The van der Waals surface area contributed by atoms with Crippen molar-refractivity contribution in [1.82, 2.24) is 15.5 Å². The van der Waals surface area contributed by atoms with Crippen molar-refractivity contribution >= 4 is 11.8 Å². The normalized spacial score (nSPS) is 18.9. The summed E-state index contributed by atoms with van der Waals surface area (Å²) in [6.07, 6.45) is 0.0991. The quantitative estimate of drug-likeness (QED) is 0.367. The van der Waals surface area contributed by atoms with E-state index in [1.54, 1.807) is 24.0 Å². The van der Waals surface area contributed by atoms with Crippen molar-refractivity contribution in [2.24, 2.45) is 0 Å². The molecule has 1 heterocycles. The highest BCUT2D eigenvalue weighted by Crippen LogP contribution is 2.19. The van der Waals surface area contributed by atoms with Gasteiger partial charge in [-0.1, -0.05) is 13.8 Å². The molecule has 1 unspecified atom stereocenters. The van der Waals surface area contributed by atoms with E-state index in [0.29, 0.717) is 25.2 Å². The maximum Gasteiger partial charge on any atom is 0.253 e. The van der Waals surface area contributed by atoms with Gasteiger partial charge in [-0.3, -0.25) is 9.59 Å². The second-order valence-electron chi connectivity index (χ2n) is 9.84. The molecule has 4 N–H and O–H groups in total. The van der Waals surface area contributed by atoms with Crippen LogP contribution in [0.2, 0.25) is 0 Å². The molecule has 1 saturated heterocycles. The van der Waals surface area contributed by atoms with E-state index in [2.05, 4.69) is 10.6 Å². The van der Waals surface area contributed by atoms with Crippen LogP contribution in [0, 0.1) is 18.6 Å². The molecule has 9 heteroatoms. The Bertz CT molecular complexity index is 1070. The number of aliphatic hydroxyl groups is 2. The van der Waals surface area contributed by atoms with Crippen LogP contribution in [0.5, 0.6) is 0 Å². The fourth-order valence-electron chi connectivity index (χ4n) is 4.85. The second kappa shape index (κ2) is 13.1. The predicted octanol–water partition coefficient (Wildman–Crippen LogP) is 2.96. The van der Waals surface area contributed by atoms with E-state index in [9.17, 15) is 28.6 Å². The van der Waals surface area contributed by atoms with Gasteiger partial charge in [-0.05, 0) is 74.1 Å². The smallest absolute Gasteiger partial charge is 0.253 e. The van der Waals surface area contributed by atoms with Crippen LogP contribution in [0.1, 0.15) is 65.0 Å². The number of aryl methyl sites for hydroxylation is 1. The average Bonchev–Trinajstić information content (AvgIpc) is 3.27. The van der Waals surface area contributed by atoms with Gasteiger partial charge in [-0.2, -0.15) is 0 Å². The molecule has 1 aliphatic rings. The molecule has 0 aliphatic carbocycles. The minimum absolute atomic E-state index is 0.0335. The van der Waals surface area contributed by atoms with Gasteiger partial charge >= 0.3 is 0 Å². The molecular formula is C28H37F2N3O4. The highest BCUT2D eigenvalue weighted by Gasteiger charge is 2.34. The topological polar surface area (TPSA) is 102 Å². The van der Waals surface area contributed by atoms with E-state index in [4.69, 9.17) is 0 Å². The molecule has 202 valence electrons. The Morgan fingerprint density at radius 1 is 1.05 bits per heavy atom. The van der Waals surface area contributed by atoms with Gasteiger partial charge in [0.05, 0.1) is 18.2 Å². The van der Waals surface area contributed by atoms with Gasteiger partial charge in [0.2, 0.25) is 0 Å². The van der Waals surface area contributed by atoms with Gasteiger partial charge in [0.25, 0.3) is 11.8 Å². The number of β-amino-alcohol motifs (C(OH)–C–C–N with tert-alkyl or cyclic N) is 1. The Hall–Kier alpha value is -2.88. The maximum absolute atomic E-state index is 13.8. The first kappa shape index (κ1) is 28.7. The van der Waals surface area contributed by atoms with E-state index >= 15 is 0 Å². The van der Waals surface area contributed by atoms with Gasteiger partial charge in [0.15, 0.2) is 0 Å². The Balaban J connectivity index is 1.86. The molecule has 2 aromatic carbocycles. The van der Waals surface area contributed by atoms with Crippen LogP contribution >= 0.6 is 0 Å². The number of carbonyl (C=O) groups excluding carboxylic acids is 2. The summed E-state index contributed by atoms with van der Waals surface area (Å²) < 4.78 is 27.7. The number of nitrogens with one attached hydrogen (secondary N) is 2. The molecule has 0 spiro atoms. The zero-order valence-corrected chi connectivity index (χ0v) is 21.6. The van der Waals surface area contributed by atoms with Gasteiger partial charge in [-0.25, -0.2) is 8.78 Å². The number of halogens is 2. The molecule has 1 aliphatic heterocycles. The van der Waals surface area contributed by atoms with Gasteiger partial charge in [0, 0.05) is 42.9 Å². The molecule has 7 nitrogen and oxygen atoms in total. The van der Waals surface area contributed by atoms with Gasteiger partial charge < -0.3 is 25.7 Å². The molecular weight excluding hydrogens is 480 g/mol. The highest BCUT2D eigenvalue weighted by atomic mass is 19.1. The average molecular weight is 518 g/mol. The molecule has 0 bridgehead atoms. The number of hydrogen-bond donors (Lipinski definition) is 4. The summed E-state index contributed by atoms with van der Waals surface area (Å²) >= 11 is 0. The van der Waals surface area contributed by atoms with Crippen molar-refractivity contribution in [2.45, 2.75) is 70.7 Å². The largest absolute Gasteiger partial charge is 0.392 e. The Morgan fingerprint density at radius 3 is 2.24 bits per heavy atom. The van der Waals surface area contributed by atoms with E-state index in [1.807, 2.05) is 13.8 Å². The molecule has 0 aromatic heterocycles. The van der Waals surface area contributed by atoms with Crippen LogP contribution in [0.15, 0.2) is 36.4 Å². The third kappa shape index (κ3) is 7.80. The zero-order valence-electron chi connectivity index (χ0n) is 21.6. The minimum Gasteiger partial charge on any atom is -0.392 e. The summed E-state index contributed by atoms with van der Waals surface area (Å²) in [6.45, 7) is 7.32. The Kier molecular flexibility index (Phi) is 10.1. The lowest BCUT2D eigenvalue weighted by atomic mass is 9.94. The molecule has 0 radical (unpaired) electrons. The third-order valence-electron chi connectivity index (χ3n) is 6.52. The predicted molar refractivity (Wildman–Crippen MR) is 137 cm³/mol. The van der Waals surface area contributed by atoms with Crippen LogP contribution in [-0.4, -0.2) is 70.9 Å². The lowest BCUT2D eigenvalue weighted by Gasteiger charge is -2.29. The van der Waals surface area contributed by atoms with Crippen molar-refractivity contribution in [1.29, 1.82) is 0 Å². The number of rotatable bonds is 11. The molecule has 3 rings (SSSR count). The van der Waals surface area contributed by atoms with Crippen molar-refractivity contribution in [3.8, 4) is 0 Å². The lowest BCUT2D eigenvalue weighted by Crippen LogP contribution is -2.52. The number of nitrogens with zero attached hydrogens (tertiary/aromatic N) is 1. The first-order valence-electron chi connectivity index (χ1n) is 12.9. The fraction of sp³-hybridized carbons (Fsp3) is 0.500. The maximum atomic E-state index is 13.8. The molecule has 0 saturated carbocycles. The van der Waals surface area contributed by atoms with Crippen molar-refractivity contribution in [3.05, 3.63) is 70.3 Å². The Labute approximate surface area is 216 Å². The number of benzene rings is 2. The van der Waals surface area contributed by atoms with Crippen molar-refractivity contribution in [2.75, 3.05) is 19.6 Å². The minimum atomic E-state index is -1.14. The zero-order chi connectivity index (χ0) is 27.1. The summed E-state index contributed by atoms with van der Waals surface area (Å²) in [5.41, 5.74) is 1.65. The summed E-state index contributed by atoms with van der Waals surface area (Å²) in [5.74, 6) is -2.18. The van der Waals surface area contributed by atoms with E-state index in [-0.39, 0.29) is 29.9 Å². The summed E-state index contributed by atoms with van der Waals surface area (Å²) in [6, 6.07) is 6.58. The van der Waals surface area contributed by atoms with Crippen molar-refractivity contribution < 1.29 is 28.6 Å². The van der Waals surface area contributed by atoms with Crippen LogP contribution < -0.4 is 10.6 Å². The summed E-state index contributed by atoms with van der Waals surface area (Å²) in [4.78, 5) is 28.3. The van der Waals surface area contributed by atoms with Crippen LogP contribution in [0.25, 0.3) is 0 Å². The van der Waals surface area contributed by atoms with E-state index in [0.717, 1.165) is 36.6 Å². The SMILES string of the molecule is CCCN(CCC)C(=O)c1cc(C)cc(C(=O)N[C@@H](Cc2cc(F)cc(F)c2)[C@H](O)C2C[C@@H](O)CN2)c1. The van der Waals surface area contributed by atoms with Crippen LogP contribution in [0.4, 0.5) is 8.78 Å². The molecule has 2 aromatic rings. The monoisotopic (exact) mass is 517 g/mol. The van der Waals surface area contributed by atoms with E-state index < -0.39 is 41.8 Å². The summed E-state index contributed by atoms with van der Waals surface area (Å²) in [5, 5.41) is 26.8. The van der Waals surface area contributed by atoms with Gasteiger partial charge in [0.1, 0.15) is 11.6 Å². The van der Waals surface area contributed by atoms with Crippen LogP contribution in [-0.2, 0) is 6.42 Å². The molecule has 1 fully saturated rings. The lowest BCUT2D eigenvalue weighted by molar-refractivity contribution is 0.0713. The van der Waals surface area contributed by atoms with E-state index in [1.165, 1.54) is 6.07 Å². The summed E-state index contributed by atoms with van der Waals surface area (Å²) in [7, 11) is 0. The molecule has 2 amide bonds. The first-order valence-corrected chi connectivity index (χ1v) is 12.9. The standard InChI is InChI=1S/C28H37F2N3O4/c1-4-6-33(7-5-2)28(37)20-9-17(3)8-19(13-20)27(36)32-25(26(35)24-15-23(34)16-31-24)12-18-10-21(29)14-22(30)11-18/h8-11,13-14,23-26,31,34-35H,4-7,12,15-16H2,1-3H3,(H,32,36)/t23-,24?,25+,26-/m1/s1. The highest BCUT2D eigenvalue weighted by molar-refractivity contribution is 6.00. The molecule has 37 heavy (non-hydrogen) atoms. The Morgan fingerprint density at radius 2 is 1.68 bits per heavy atom. The molecule has 4 atom stereocenters. The second-order valence-corrected chi connectivity index (χ2v) is 9.84. The number of aliphatic hydroxyl groups excluding tert-OH is 2. The van der Waals surface area contributed by atoms with Crippen LogP contribution in [0.3, 0.4) is 0 Å². The first-order chi connectivity index (χ1) is 17.6. The number of amides is 2. The van der Waals surface area contributed by atoms with Crippen molar-refractivity contribution in [3.63, 3.8) is 0 Å². The van der Waals surface area contributed by atoms with Gasteiger partial charge in [-0.15, -0.1) is 0 Å². The fourth-order valence-corrected chi connectivity index (χ4v) is 4.85. The number of carbonyl (C=O) groups is 2. The number of hydrogen-bond acceptors (Lipinski definition) is 5. The third-order valence-corrected chi connectivity index (χ3v) is 6.52.